The Morgan fingerprint density at radius 3 is 2.62 bits per heavy atom. The monoisotopic (exact) mass is 372 g/mol. The summed E-state index contributed by atoms with van der Waals surface area (Å²) in [4.78, 5) is 0. The second-order valence-corrected chi connectivity index (χ2v) is 7.41. The van der Waals surface area contributed by atoms with Gasteiger partial charge in [0.15, 0.2) is 11.0 Å². The molecule has 0 spiro atoms. The minimum atomic E-state index is 0.399. The summed E-state index contributed by atoms with van der Waals surface area (Å²) in [6, 6.07) is 10.0. The van der Waals surface area contributed by atoms with Crippen LogP contribution in [-0.2, 0) is 25.3 Å². The first kappa shape index (κ1) is 18.5. The summed E-state index contributed by atoms with van der Waals surface area (Å²) in [5.41, 5.74) is 2.19. The van der Waals surface area contributed by atoms with Crippen molar-refractivity contribution in [2.45, 2.75) is 51.3 Å². The van der Waals surface area contributed by atoms with E-state index in [4.69, 9.17) is 9.26 Å². The Bertz CT molecular complexity index is 798. The molecule has 26 heavy (non-hydrogen) atoms. The van der Waals surface area contributed by atoms with Gasteiger partial charge < -0.3 is 13.8 Å². The van der Waals surface area contributed by atoms with Gasteiger partial charge in [0.1, 0.15) is 18.6 Å². The third-order valence-electron chi connectivity index (χ3n) is 3.88. The van der Waals surface area contributed by atoms with Crippen LogP contribution in [0.4, 0.5) is 0 Å². The first-order chi connectivity index (χ1) is 12.7. The van der Waals surface area contributed by atoms with Gasteiger partial charge >= 0.3 is 0 Å². The second kappa shape index (κ2) is 8.89. The van der Waals surface area contributed by atoms with Crippen molar-refractivity contribution in [3.8, 4) is 5.75 Å². The average molecular weight is 372 g/mol. The Kier molecular flexibility index (Phi) is 6.33. The molecule has 3 aromatic rings. The lowest BCUT2D eigenvalue weighted by atomic mass is 10.2. The molecule has 0 aliphatic rings. The van der Waals surface area contributed by atoms with Crippen LogP contribution in [0.25, 0.3) is 0 Å². The smallest absolute Gasteiger partial charge is 0.191 e. The van der Waals surface area contributed by atoms with Crippen LogP contribution in [0.1, 0.15) is 37.9 Å². The normalized spacial score (nSPS) is 11.2. The number of ether oxygens (including phenoxy) is 1. The van der Waals surface area contributed by atoms with E-state index in [9.17, 15) is 0 Å². The minimum Gasteiger partial charge on any atom is -0.486 e. The lowest BCUT2D eigenvalue weighted by Crippen LogP contribution is -2.12. The van der Waals surface area contributed by atoms with E-state index in [2.05, 4.69) is 52.8 Å². The molecule has 3 rings (SSSR count). The molecule has 0 atom stereocenters. The quantitative estimate of drug-likeness (QED) is 0.520. The van der Waals surface area contributed by atoms with Gasteiger partial charge in [0, 0.05) is 18.4 Å². The number of nitrogens with zero attached hydrogens (tertiary/aromatic N) is 4. The number of hydrogen-bond acceptors (Lipinski definition) is 6. The van der Waals surface area contributed by atoms with E-state index in [0.717, 1.165) is 35.4 Å². The number of aromatic nitrogens is 4. The Morgan fingerprint density at radius 2 is 1.96 bits per heavy atom. The molecule has 0 unspecified atom stereocenters. The Labute approximate surface area is 157 Å². The lowest BCUT2D eigenvalue weighted by Gasteiger charge is -2.13. The Morgan fingerprint density at radius 1 is 1.15 bits per heavy atom. The van der Waals surface area contributed by atoms with Crippen molar-refractivity contribution in [3.05, 3.63) is 53.7 Å². The van der Waals surface area contributed by atoms with Gasteiger partial charge in [-0.25, -0.2) is 0 Å². The van der Waals surface area contributed by atoms with E-state index in [-0.39, 0.29) is 0 Å². The molecule has 2 aromatic heterocycles. The minimum absolute atomic E-state index is 0.399. The third kappa shape index (κ3) is 4.88. The zero-order chi connectivity index (χ0) is 18.4. The van der Waals surface area contributed by atoms with E-state index >= 15 is 0 Å². The van der Waals surface area contributed by atoms with Crippen LogP contribution in [0.3, 0.4) is 0 Å². The number of thioether (sulfide) groups is 1. The average Bonchev–Trinajstić information content (AvgIpc) is 3.28. The topological polar surface area (TPSA) is 66.0 Å². The highest BCUT2D eigenvalue weighted by molar-refractivity contribution is 7.98. The van der Waals surface area contributed by atoms with Gasteiger partial charge in [-0.05, 0) is 30.0 Å². The first-order valence-electron chi connectivity index (χ1n) is 8.81. The molecular formula is C19H24N4O2S. The summed E-state index contributed by atoms with van der Waals surface area (Å²) in [6.07, 6.45) is 2.60. The molecule has 7 heteroatoms. The first-order valence-corrected chi connectivity index (χ1v) is 9.80. The van der Waals surface area contributed by atoms with Crippen molar-refractivity contribution < 1.29 is 9.26 Å². The largest absolute Gasteiger partial charge is 0.486 e. The molecule has 1 aromatic carbocycles. The van der Waals surface area contributed by atoms with Gasteiger partial charge in [-0.1, -0.05) is 49.8 Å². The predicted molar refractivity (Wildman–Crippen MR) is 101 cm³/mol. The van der Waals surface area contributed by atoms with Crippen molar-refractivity contribution >= 4 is 11.8 Å². The lowest BCUT2D eigenvalue weighted by molar-refractivity contribution is 0.284. The van der Waals surface area contributed by atoms with Crippen LogP contribution in [0.15, 0.2) is 46.3 Å². The highest BCUT2D eigenvalue weighted by Crippen LogP contribution is 2.23. The molecule has 0 aliphatic carbocycles. The van der Waals surface area contributed by atoms with Crippen LogP contribution in [0, 0.1) is 5.92 Å². The fourth-order valence-corrected chi connectivity index (χ4v) is 3.36. The molecule has 138 valence electrons. The molecule has 2 heterocycles. The maximum atomic E-state index is 5.92. The summed E-state index contributed by atoms with van der Waals surface area (Å²) in [5, 5.41) is 13.5. The summed E-state index contributed by atoms with van der Waals surface area (Å²) < 4.78 is 12.9. The van der Waals surface area contributed by atoms with E-state index in [1.54, 1.807) is 18.0 Å². The SMILES string of the molecule is CCc1ccc(OCc2nnc(SCc3ccon3)n2CC(C)C)cc1. The van der Waals surface area contributed by atoms with E-state index < -0.39 is 0 Å². The van der Waals surface area contributed by atoms with Crippen molar-refractivity contribution in [3.63, 3.8) is 0 Å². The highest BCUT2D eigenvalue weighted by Gasteiger charge is 2.15. The van der Waals surface area contributed by atoms with E-state index in [0.29, 0.717) is 18.3 Å². The fraction of sp³-hybridized carbons (Fsp3) is 0.421. The van der Waals surface area contributed by atoms with Crippen LogP contribution >= 0.6 is 11.8 Å². The zero-order valence-corrected chi connectivity index (χ0v) is 16.2. The van der Waals surface area contributed by atoms with Gasteiger partial charge in [0.25, 0.3) is 0 Å². The summed E-state index contributed by atoms with van der Waals surface area (Å²) in [7, 11) is 0. The molecule has 0 saturated carbocycles. The maximum Gasteiger partial charge on any atom is 0.191 e. The molecule has 0 amide bonds. The van der Waals surface area contributed by atoms with Crippen LogP contribution in [0.5, 0.6) is 5.75 Å². The van der Waals surface area contributed by atoms with Crippen LogP contribution in [-0.4, -0.2) is 19.9 Å². The fourth-order valence-electron chi connectivity index (χ4n) is 2.50. The highest BCUT2D eigenvalue weighted by atomic mass is 32.2. The molecule has 0 bridgehead atoms. The van der Waals surface area contributed by atoms with Crippen LogP contribution in [0.2, 0.25) is 0 Å². The molecule has 0 radical (unpaired) electrons. The van der Waals surface area contributed by atoms with Crippen molar-refractivity contribution in [1.29, 1.82) is 0 Å². The van der Waals surface area contributed by atoms with Crippen LogP contribution < -0.4 is 4.74 Å². The van der Waals surface area contributed by atoms with Crippen molar-refractivity contribution in [1.82, 2.24) is 19.9 Å². The summed E-state index contributed by atoms with van der Waals surface area (Å²) in [5.74, 6) is 2.87. The summed E-state index contributed by atoms with van der Waals surface area (Å²) >= 11 is 1.61. The van der Waals surface area contributed by atoms with Gasteiger partial charge in [-0.3, -0.25) is 0 Å². The van der Waals surface area contributed by atoms with Crippen molar-refractivity contribution in [2.24, 2.45) is 5.92 Å². The molecule has 0 fully saturated rings. The number of benzene rings is 1. The molecule has 0 saturated heterocycles. The van der Waals surface area contributed by atoms with Gasteiger partial charge in [0.05, 0.1) is 5.69 Å². The number of hydrogen-bond donors (Lipinski definition) is 0. The maximum absolute atomic E-state index is 5.92. The standard InChI is InChI=1S/C19H24N4O2S/c1-4-15-5-7-17(8-6-15)24-12-18-20-21-19(23(18)11-14(2)3)26-13-16-9-10-25-22-16/h5-10,14H,4,11-13H2,1-3H3. The number of aryl methyl sites for hydroxylation is 1. The van der Waals surface area contributed by atoms with Crippen molar-refractivity contribution in [2.75, 3.05) is 0 Å². The Balaban J connectivity index is 1.68. The van der Waals surface area contributed by atoms with Gasteiger partial charge in [-0.15, -0.1) is 10.2 Å². The Hall–Kier alpha value is -2.28. The summed E-state index contributed by atoms with van der Waals surface area (Å²) in [6.45, 7) is 7.75. The predicted octanol–water partition coefficient (Wildman–Crippen LogP) is 4.36. The molecular weight excluding hydrogens is 348 g/mol. The van der Waals surface area contributed by atoms with E-state index in [1.165, 1.54) is 5.56 Å². The number of rotatable bonds is 9. The molecule has 0 N–H and O–H groups in total. The molecule has 6 nitrogen and oxygen atoms in total. The zero-order valence-electron chi connectivity index (χ0n) is 15.4. The molecule has 0 aliphatic heterocycles. The van der Waals surface area contributed by atoms with Gasteiger partial charge in [0.2, 0.25) is 0 Å². The van der Waals surface area contributed by atoms with Gasteiger partial charge in [-0.2, -0.15) is 0 Å². The third-order valence-corrected chi connectivity index (χ3v) is 4.88. The van der Waals surface area contributed by atoms with E-state index in [1.807, 2.05) is 18.2 Å². The second-order valence-electron chi connectivity index (χ2n) is 6.47.